The van der Waals surface area contributed by atoms with Gasteiger partial charge in [0.1, 0.15) is 23.7 Å². The average molecular weight is 473 g/mol. The molecule has 0 atom stereocenters. The zero-order valence-electron chi connectivity index (χ0n) is 20.2. The predicted octanol–water partition coefficient (Wildman–Crippen LogP) is 3.79. The van der Waals surface area contributed by atoms with E-state index in [-0.39, 0.29) is 11.8 Å². The Hall–Kier alpha value is -3.68. The van der Waals surface area contributed by atoms with E-state index in [9.17, 15) is 4.79 Å². The Labute approximate surface area is 206 Å². The number of carbonyl (C=O) groups is 1. The molecule has 1 amide bonds. The molecule has 8 heteroatoms. The van der Waals surface area contributed by atoms with Crippen molar-refractivity contribution in [2.75, 3.05) is 49.1 Å². The number of hydrogen-bond donors (Lipinski definition) is 0. The first-order chi connectivity index (χ1) is 17.2. The molecule has 3 aromatic rings. The van der Waals surface area contributed by atoms with E-state index in [1.807, 2.05) is 47.5 Å². The van der Waals surface area contributed by atoms with Gasteiger partial charge in [-0.2, -0.15) is 0 Å². The summed E-state index contributed by atoms with van der Waals surface area (Å²) in [7, 11) is 0. The standard InChI is InChI=1S/C27H32N6O2/c1-2-21-6-8-23(9-7-21)35-26-19-25(29-20-30-26)31-13-10-22(11-14-31)27(34)33-17-15-32(16-18-33)24-5-3-4-12-28-24/h3-9,12,19-20,22H,2,10-11,13-18H2,1H3. The lowest BCUT2D eigenvalue weighted by atomic mass is 9.95. The van der Waals surface area contributed by atoms with Crippen molar-refractivity contribution in [1.82, 2.24) is 19.9 Å². The number of carbonyl (C=O) groups excluding carboxylic acids is 1. The zero-order chi connectivity index (χ0) is 24.0. The predicted molar refractivity (Wildman–Crippen MR) is 136 cm³/mol. The fraction of sp³-hybridized carbons (Fsp3) is 0.407. The smallest absolute Gasteiger partial charge is 0.225 e. The lowest BCUT2D eigenvalue weighted by molar-refractivity contribution is -0.136. The van der Waals surface area contributed by atoms with E-state index in [0.717, 1.165) is 75.9 Å². The molecule has 1 aromatic carbocycles. The van der Waals surface area contributed by atoms with Crippen LogP contribution in [-0.4, -0.2) is 65.0 Å². The SMILES string of the molecule is CCc1ccc(Oc2cc(N3CCC(C(=O)N4CCN(c5ccccn5)CC4)CC3)ncn2)cc1. The van der Waals surface area contributed by atoms with Crippen LogP contribution >= 0.6 is 0 Å². The van der Waals surface area contributed by atoms with Crippen molar-refractivity contribution in [3.63, 3.8) is 0 Å². The summed E-state index contributed by atoms with van der Waals surface area (Å²) >= 11 is 0. The second kappa shape index (κ2) is 10.7. The van der Waals surface area contributed by atoms with Crippen molar-refractivity contribution in [3.8, 4) is 11.6 Å². The van der Waals surface area contributed by atoms with Crippen molar-refractivity contribution >= 4 is 17.5 Å². The first-order valence-electron chi connectivity index (χ1n) is 12.5. The van der Waals surface area contributed by atoms with Gasteiger partial charge in [0.2, 0.25) is 11.8 Å². The average Bonchev–Trinajstić information content (AvgIpc) is 2.94. The molecule has 5 rings (SSSR count). The van der Waals surface area contributed by atoms with Gasteiger partial charge in [-0.05, 0) is 49.1 Å². The molecule has 35 heavy (non-hydrogen) atoms. The summed E-state index contributed by atoms with van der Waals surface area (Å²) in [5.41, 5.74) is 1.27. The number of piperidine rings is 1. The maximum absolute atomic E-state index is 13.2. The number of pyridine rings is 1. The van der Waals surface area contributed by atoms with E-state index in [1.165, 1.54) is 5.56 Å². The summed E-state index contributed by atoms with van der Waals surface area (Å²) in [5, 5.41) is 0. The largest absolute Gasteiger partial charge is 0.439 e. The molecular formula is C27H32N6O2. The fourth-order valence-corrected chi connectivity index (χ4v) is 4.78. The molecule has 2 saturated heterocycles. The van der Waals surface area contributed by atoms with E-state index < -0.39 is 0 Å². The van der Waals surface area contributed by atoms with Crippen LogP contribution in [0.4, 0.5) is 11.6 Å². The summed E-state index contributed by atoms with van der Waals surface area (Å²) in [5.74, 6) is 3.48. The minimum atomic E-state index is 0.0716. The number of benzene rings is 1. The van der Waals surface area contributed by atoms with E-state index >= 15 is 0 Å². The minimum absolute atomic E-state index is 0.0716. The molecule has 0 unspecified atom stereocenters. The number of nitrogens with zero attached hydrogens (tertiary/aromatic N) is 6. The topological polar surface area (TPSA) is 74.7 Å². The third kappa shape index (κ3) is 5.53. The molecular weight excluding hydrogens is 440 g/mol. The maximum atomic E-state index is 13.2. The van der Waals surface area contributed by atoms with Crippen molar-refractivity contribution < 1.29 is 9.53 Å². The number of piperazine rings is 1. The highest BCUT2D eigenvalue weighted by molar-refractivity contribution is 5.79. The highest BCUT2D eigenvalue weighted by Crippen LogP contribution is 2.27. The number of amides is 1. The molecule has 0 aliphatic carbocycles. The van der Waals surface area contributed by atoms with Gasteiger partial charge >= 0.3 is 0 Å². The molecule has 182 valence electrons. The summed E-state index contributed by atoms with van der Waals surface area (Å²) in [6.07, 6.45) is 6.02. The number of aromatic nitrogens is 3. The Balaban J connectivity index is 1.13. The highest BCUT2D eigenvalue weighted by atomic mass is 16.5. The molecule has 0 saturated carbocycles. The first-order valence-corrected chi connectivity index (χ1v) is 12.5. The first kappa shape index (κ1) is 23.1. The summed E-state index contributed by atoms with van der Waals surface area (Å²) in [6, 6.07) is 15.9. The summed E-state index contributed by atoms with van der Waals surface area (Å²) < 4.78 is 5.94. The molecule has 2 fully saturated rings. The van der Waals surface area contributed by atoms with Crippen LogP contribution in [0, 0.1) is 5.92 Å². The molecule has 2 aromatic heterocycles. The van der Waals surface area contributed by atoms with Crippen LogP contribution in [0.5, 0.6) is 11.6 Å². The van der Waals surface area contributed by atoms with Gasteiger partial charge in [-0.1, -0.05) is 25.1 Å². The lowest BCUT2D eigenvalue weighted by Gasteiger charge is -2.39. The summed E-state index contributed by atoms with van der Waals surface area (Å²) in [6.45, 7) is 6.88. The van der Waals surface area contributed by atoms with Crippen LogP contribution in [0.3, 0.4) is 0 Å². The van der Waals surface area contributed by atoms with Gasteiger partial charge in [0.15, 0.2) is 0 Å². The molecule has 4 heterocycles. The molecule has 2 aliphatic heterocycles. The normalized spacial score (nSPS) is 16.9. The van der Waals surface area contributed by atoms with Gasteiger partial charge in [0.05, 0.1) is 0 Å². The Bertz CT molecular complexity index is 1110. The Morgan fingerprint density at radius 2 is 1.63 bits per heavy atom. The van der Waals surface area contributed by atoms with Crippen LogP contribution in [0.15, 0.2) is 61.1 Å². The monoisotopic (exact) mass is 472 g/mol. The van der Waals surface area contributed by atoms with Crippen LogP contribution in [0.25, 0.3) is 0 Å². The van der Waals surface area contributed by atoms with Crippen molar-refractivity contribution in [1.29, 1.82) is 0 Å². The van der Waals surface area contributed by atoms with Gasteiger partial charge < -0.3 is 19.4 Å². The maximum Gasteiger partial charge on any atom is 0.225 e. The molecule has 0 spiro atoms. The van der Waals surface area contributed by atoms with E-state index in [0.29, 0.717) is 5.88 Å². The van der Waals surface area contributed by atoms with Gasteiger partial charge in [-0.15, -0.1) is 0 Å². The highest BCUT2D eigenvalue weighted by Gasteiger charge is 2.31. The van der Waals surface area contributed by atoms with Crippen LogP contribution < -0.4 is 14.5 Å². The van der Waals surface area contributed by atoms with Gasteiger partial charge in [0.25, 0.3) is 0 Å². The summed E-state index contributed by atoms with van der Waals surface area (Å²) in [4.78, 5) is 32.8. The van der Waals surface area contributed by atoms with Crippen LogP contribution in [-0.2, 0) is 11.2 Å². The number of rotatable bonds is 6. The quantitative estimate of drug-likeness (QED) is 0.540. The number of ether oxygens (including phenoxy) is 1. The van der Waals surface area contributed by atoms with Gasteiger partial charge in [-0.25, -0.2) is 15.0 Å². The zero-order valence-corrected chi connectivity index (χ0v) is 20.2. The lowest BCUT2D eigenvalue weighted by Crippen LogP contribution is -2.52. The Morgan fingerprint density at radius 3 is 2.31 bits per heavy atom. The van der Waals surface area contributed by atoms with E-state index in [2.05, 4.69) is 43.8 Å². The van der Waals surface area contributed by atoms with Crippen LogP contribution in [0.1, 0.15) is 25.3 Å². The molecule has 0 bridgehead atoms. The molecule has 0 N–H and O–H groups in total. The van der Waals surface area contributed by atoms with Crippen molar-refractivity contribution in [2.45, 2.75) is 26.2 Å². The van der Waals surface area contributed by atoms with Crippen LogP contribution in [0.2, 0.25) is 0 Å². The number of hydrogen-bond acceptors (Lipinski definition) is 7. The number of anilines is 2. The molecule has 2 aliphatic rings. The Kier molecular flexibility index (Phi) is 7.07. The third-order valence-electron chi connectivity index (χ3n) is 6.91. The van der Waals surface area contributed by atoms with Crippen molar-refractivity contribution in [3.05, 3.63) is 66.6 Å². The minimum Gasteiger partial charge on any atom is -0.439 e. The molecule has 8 nitrogen and oxygen atoms in total. The van der Waals surface area contributed by atoms with E-state index in [1.54, 1.807) is 6.33 Å². The Morgan fingerprint density at radius 1 is 0.886 bits per heavy atom. The fourth-order valence-electron chi connectivity index (χ4n) is 4.78. The third-order valence-corrected chi connectivity index (χ3v) is 6.91. The molecule has 0 radical (unpaired) electrons. The number of aryl methyl sites for hydroxylation is 1. The second-order valence-electron chi connectivity index (χ2n) is 9.08. The van der Waals surface area contributed by atoms with Crippen molar-refractivity contribution in [2.24, 2.45) is 5.92 Å². The van der Waals surface area contributed by atoms with Gasteiger partial charge in [-0.3, -0.25) is 4.79 Å². The van der Waals surface area contributed by atoms with E-state index in [4.69, 9.17) is 4.74 Å². The van der Waals surface area contributed by atoms with Gasteiger partial charge in [0, 0.05) is 57.4 Å². The second-order valence-corrected chi connectivity index (χ2v) is 9.08.